The van der Waals surface area contributed by atoms with Gasteiger partial charge in [0, 0.05) is 12.2 Å². The Morgan fingerprint density at radius 3 is 2.20 bits per heavy atom. The van der Waals surface area contributed by atoms with E-state index in [4.69, 9.17) is 0 Å². The first-order chi connectivity index (χ1) is 4.75. The van der Waals surface area contributed by atoms with E-state index in [1.165, 1.54) is 19.5 Å². The molecule has 48 valence electrons. The second-order valence-corrected chi connectivity index (χ2v) is 2.37. The van der Waals surface area contributed by atoms with E-state index >= 15 is 0 Å². The monoisotopic (exact) mass is 245 g/mol. The molecule has 3 nitrogen and oxygen atoms in total. The second-order valence-electron chi connectivity index (χ2n) is 1.65. The smallest absolute Gasteiger partial charge is 0.240 e. The van der Waals surface area contributed by atoms with Crippen LogP contribution >= 0.6 is 22.4 Å². The lowest BCUT2D eigenvalue weighted by atomic mass is 9.65. The zero-order chi connectivity index (χ0) is 7.56. The van der Waals surface area contributed by atoms with E-state index in [-0.39, 0.29) is 11.8 Å². The molecule has 2 amide bonds. The van der Waals surface area contributed by atoms with Gasteiger partial charge in [0.2, 0.25) is 19.1 Å². The number of carbonyl (C=O) groups excluding carboxylic acids is 2. The fraction of sp³-hybridized carbons (Fsp3) is 0. The van der Waals surface area contributed by atoms with Crippen LogP contribution in [0, 0.1) is 0 Å². The molecule has 0 atom stereocenters. The van der Waals surface area contributed by atoms with Gasteiger partial charge in [-0.2, -0.15) is 22.4 Å². The molecule has 0 N–H and O–H groups in total. The average molecular weight is 245 g/mol. The Kier molecular flexibility index (Phi) is 2.53. The molecule has 0 aromatic rings. The van der Waals surface area contributed by atoms with Gasteiger partial charge < -0.3 is 4.81 Å². The minimum absolute atomic E-state index is 0.280. The van der Waals surface area contributed by atoms with Gasteiger partial charge in [0.15, 0.2) is 5.03 Å². The molecule has 10 heavy (non-hydrogen) atoms. The highest BCUT2D eigenvalue weighted by molar-refractivity contribution is 14.1. The van der Waals surface area contributed by atoms with E-state index in [0.717, 1.165) is 4.81 Å². The first-order valence-electron chi connectivity index (χ1n) is 2.58. The molecule has 0 fully saturated rings. The van der Waals surface area contributed by atoms with Crippen LogP contribution in [0.25, 0.3) is 0 Å². The third-order valence-electron chi connectivity index (χ3n) is 1.05. The Morgan fingerprint density at radius 2 is 1.80 bits per heavy atom. The van der Waals surface area contributed by atoms with Crippen LogP contribution in [0.1, 0.15) is 0 Å². The Morgan fingerprint density at radius 1 is 1.30 bits per heavy atom. The number of amides is 2. The maximum absolute atomic E-state index is 10.7. The van der Waals surface area contributed by atoms with Crippen molar-refractivity contribution in [1.82, 2.24) is 4.81 Å². The van der Waals surface area contributed by atoms with Crippen LogP contribution in [0.15, 0.2) is 12.2 Å². The van der Waals surface area contributed by atoms with Crippen molar-refractivity contribution < 1.29 is 9.59 Å². The molecule has 0 aliphatic carbocycles. The standard InChI is InChI=1S/C4H2B2INO2/c7-5-6-8-3(9)1-2-4(8)10/h1-2H. The third-order valence-corrected chi connectivity index (χ3v) is 1.37. The summed E-state index contributed by atoms with van der Waals surface area (Å²) in [5, 5.41) is 1.61. The van der Waals surface area contributed by atoms with Crippen LogP contribution < -0.4 is 0 Å². The first-order valence-corrected chi connectivity index (χ1v) is 3.82. The van der Waals surface area contributed by atoms with Gasteiger partial charge in [-0.15, -0.1) is 0 Å². The third kappa shape index (κ3) is 1.42. The summed E-state index contributed by atoms with van der Waals surface area (Å²) in [6.07, 6.45) is 2.50. The molecule has 2 radical (unpaired) electrons. The minimum Gasteiger partial charge on any atom is -0.335 e. The van der Waals surface area contributed by atoms with Gasteiger partial charge in [-0.3, -0.25) is 9.59 Å². The first kappa shape index (κ1) is 7.84. The topological polar surface area (TPSA) is 37.4 Å². The predicted octanol–water partition coefficient (Wildman–Crippen LogP) is -0.500. The van der Waals surface area contributed by atoms with Gasteiger partial charge >= 0.3 is 0 Å². The van der Waals surface area contributed by atoms with Crippen LogP contribution in [-0.4, -0.2) is 29.0 Å². The van der Waals surface area contributed by atoms with E-state index in [1.807, 2.05) is 22.4 Å². The van der Waals surface area contributed by atoms with Crippen molar-refractivity contribution in [3.63, 3.8) is 0 Å². The molecule has 6 heteroatoms. The molecule has 0 saturated heterocycles. The van der Waals surface area contributed by atoms with Crippen molar-refractivity contribution in [3.05, 3.63) is 12.2 Å². The van der Waals surface area contributed by atoms with Gasteiger partial charge in [0.25, 0.3) is 0 Å². The molecule has 0 spiro atoms. The zero-order valence-corrected chi connectivity index (χ0v) is 7.11. The van der Waals surface area contributed by atoms with Gasteiger partial charge in [0.1, 0.15) is 0 Å². The number of carbonyl (C=O) groups is 2. The van der Waals surface area contributed by atoms with Crippen LogP contribution in [0.5, 0.6) is 0 Å². The highest BCUT2D eigenvalue weighted by atomic mass is 127. The molecule has 1 aliphatic rings. The predicted molar refractivity (Wildman–Crippen MR) is 46.5 cm³/mol. The lowest BCUT2D eigenvalue weighted by Gasteiger charge is -2.09. The molecule has 0 saturated carbocycles. The summed E-state index contributed by atoms with van der Waals surface area (Å²) in [6, 6.07) is 0. The normalized spacial score (nSPS) is 16.3. The molecule has 0 aromatic heterocycles. The molecular weight excluding hydrogens is 243 g/mol. The second kappa shape index (κ2) is 3.23. The quantitative estimate of drug-likeness (QED) is 0.373. The lowest BCUT2D eigenvalue weighted by Crippen LogP contribution is -2.35. The number of nitrogens with zero attached hydrogens (tertiary/aromatic N) is 1. The maximum Gasteiger partial charge on any atom is 0.240 e. The number of hydrogen-bond donors (Lipinski definition) is 0. The largest absolute Gasteiger partial charge is 0.335 e. The van der Waals surface area contributed by atoms with Crippen molar-refractivity contribution in [1.29, 1.82) is 0 Å². The summed E-state index contributed by atoms with van der Waals surface area (Å²) < 4.78 is 0. The summed E-state index contributed by atoms with van der Waals surface area (Å²) in [4.78, 5) is 22.5. The number of hydrogen-bond acceptors (Lipinski definition) is 2. The SMILES string of the molecule is O=C1C=CC(=O)N1[B][B]I. The van der Waals surface area contributed by atoms with Gasteiger partial charge in [-0.25, -0.2) is 0 Å². The highest BCUT2D eigenvalue weighted by Crippen LogP contribution is 2.00. The zero-order valence-electron chi connectivity index (χ0n) is 4.95. The fourth-order valence-corrected chi connectivity index (χ4v) is 0.937. The number of halogens is 1. The van der Waals surface area contributed by atoms with Gasteiger partial charge in [-0.1, -0.05) is 0 Å². The maximum atomic E-state index is 10.7. The Labute approximate surface area is 73.2 Å². The summed E-state index contributed by atoms with van der Waals surface area (Å²) in [6.45, 7) is 0. The van der Waals surface area contributed by atoms with Crippen molar-refractivity contribution in [2.45, 2.75) is 0 Å². The molecule has 1 heterocycles. The van der Waals surface area contributed by atoms with E-state index < -0.39 is 0 Å². The van der Waals surface area contributed by atoms with E-state index in [2.05, 4.69) is 0 Å². The van der Waals surface area contributed by atoms with Gasteiger partial charge in [0.05, 0.1) is 0 Å². The Balaban J connectivity index is 2.60. The van der Waals surface area contributed by atoms with Crippen LogP contribution in [0.3, 0.4) is 0 Å². The summed E-state index contributed by atoms with van der Waals surface area (Å²) >= 11 is 1.94. The van der Waals surface area contributed by atoms with Crippen molar-refractivity contribution in [3.8, 4) is 0 Å². The van der Waals surface area contributed by atoms with Crippen molar-refractivity contribution in [2.75, 3.05) is 0 Å². The molecule has 1 rings (SSSR count). The lowest BCUT2D eigenvalue weighted by molar-refractivity contribution is -0.131. The van der Waals surface area contributed by atoms with Crippen LogP contribution in [-0.2, 0) is 9.59 Å². The summed E-state index contributed by atoms with van der Waals surface area (Å²) in [5.41, 5.74) is 0. The number of rotatable bonds is 2. The van der Waals surface area contributed by atoms with Crippen molar-refractivity contribution >= 4 is 46.5 Å². The fourth-order valence-electron chi connectivity index (χ4n) is 0.615. The molecule has 1 aliphatic heterocycles. The van der Waals surface area contributed by atoms with Gasteiger partial charge in [-0.05, 0) is 0 Å². The molecule has 0 unspecified atom stereocenters. The Hall–Kier alpha value is -0.260. The molecule has 0 bridgehead atoms. The Bertz CT molecular complexity index is 187. The number of imide groups is 1. The van der Waals surface area contributed by atoms with E-state index in [0.29, 0.717) is 0 Å². The summed E-state index contributed by atoms with van der Waals surface area (Å²) in [7, 11) is 1.44. The average Bonchev–Trinajstić information content (AvgIpc) is 2.20. The van der Waals surface area contributed by atoms with Crippen LogP contribution in [0.2, 0.25) is 0 Å². The van der Waals surface area contributed by atoms with Crippen molar-refractivity contribution in [2.24, 2.45) is 0 Å². The highest BCUT2D eigenvalue weighted by Gasteiger charge is 2.22. The van der Waals surface area contributed by atoms with E-state index in [9.17, 15) is 9.59 Å². The van der Waals surface area contributed by atoms with E-state index in [1.54, 1.807) is 5.03 Å². The summed E-state index contributed by atoms with van der Waals surface area (Å²) in [5.74, 6) is -0.559. The molecule has 0 aromatic carbocycles. The minimum atomic E-state index is -0.280. The van der Waals surface area contributed by atoms with Crippen LogP contribution in [0.4, 0.5) is 0 Å². The molecular formula is C4H2B2INO2.